The van der Waals surface area contributed by atoms with Gasteiger partial charge < -0.3 is 10.1 Å². The number of nitrogens with one attached hydrogen (secondary N) is 2. The Morgan fingerprint density at radius 1 is 0.971 bits per heavy atom. The second kappa shape index (κ2) is 10.4. The summed E-state index contributed by atoms with van der Waals surface area (Å²) in [6.07, 6.45) is -3.95. The van der Waals surface area contributed by atoms with Gasteiger partial charge in [-0.1, -0.05) is 54.6 Å². The van der Waals surface area contributed by atoms with E-state index in [0.29, 0.717) is 22.7 Å². The van der Waals surface area contributed by atoms with Crippen molar-refractivity contribution in [1.82, 2.24) is 15.1 Å². The van der Waals surface area contributed by atoms with E-state index in [1.54, 1.807) is 42.5 Å². The number of hydrogen-bond acceptors (Lipinski definition) is 4. The van der Waals surface area contributed by atoms with E-state index in [1.807, 2.05) is 30.3 Å². The van der Waals surface area contributed by atoms with Crippen LogP contribution in [0.25, 0.3) is 5.69 Å². The summed E-state index contributed by atoms with van der Waals surface area (Å²) >= 11 is 5.14. The zero-order valence-corrected chi connectivity index (χ0v) is 18.9. The van der Waals surface area contributed by atoms with Crippen molar-refractivity contribution in [2.75, 3.05) is 5.32 Å². The summed E-state index contributed by atoms with van der Waals surface area (Å²) in [6.45, 7) is 0.358. The van der Waals surface area contributed by atoms with Gasteiger partial charge in [0.2, 0.25) is 0 Å². The molecule has 0 saturated carbocycles. The first-order valence-corrected chi connectivity index (χ1v) is 10.8. The van der Waals surface area contributed by atoms with Gasteiger partial charge in [0.25, 0.3) is 5.91 Å². The van der Waals surface area contributed by atoms with Crippen LogP contribution in [0.1, 0.15) is 21.6 Å². The first-order chi connectivity index (χ1) is 16.8. The molecule has 4 rings (SSSR count). The number of alkyl halides is 3. The summed E-state index contributed by atoms with van der Waals surface area (Å²) < 4.78 is 47.9. The maximum absolute atomic E-state index is 13.8. The number of carbonyl (C=O) groups excluding carboxylic acids is 1. The number of aromatic nitrogens is 2. The lowest BCUT2D eigenvalue weighted by molar-refractivity contribution is -0.143. The molecule has 6 nitrogen and oxygen atoms in total. The van der Waals surface area contributed by atoms with Crippen molar-refractivity contribution in [2.24, 2.45) is 0 Å². The van der Waals surface area contributed by atoms with Gasteiger partial charge in [-0.3, -0.25) is 10.1 Å². The Hall–Kier alpha value is -4.18. The Balaban J connectivity index is 1.45. The third kappa shape index (κ3) is 6.04. The van der Waals surface area contributed by atoms with E-state index in [9.17, 15) is 18.0 Å². The number of halogens is 3. The summed E-state index contributed by atoms with van der Waals surface area (Å²) in [5, 5.41) is 8.68. The monoisotopic (exact) mass is 496 g/mol. The van der Waals surface area contributed by atoms with Crippen molar-refractivity contribution in [2.45, 2.75) is 12.8 Å². The number of rotatable bonds is 6. The molecular formula is C25H19F3N4O2S. The molecule has 0 atom stereocenters. The molecule has 0 unspecified atom stereocenters. The van der Waals surface area contributed by atoms with E-state index in [4.69, 9.17) is 17.0 Å². The molecule has 1 heterocycles. The summed E-state index contributed by atoms with van der Waals surface area (Å²) in [5.41, 5.74) is -0.181. The normalized spacial score (nSPS) is 11.1. The number of nitrogens with zero attached hydrogens (tertiary/aromatic N) is 2. The molecule has 0 fully saturated rings. The Labute approximate surface area is 204 Å². The number of carbonyl (C=O) groups is 1. The molecule has 2 N–H and O–H groups in total. The van der Waals surface area contributed by atoms with E-state index in [1.165, 1.54) is 12.1 Å². The van der Waals surface area contributed by atoms with Crippen LogP contribution < -0.4 is 15.4 Å². The molecule has 10 heteroatoms. The Kier molecular flexibility index (Phi) is 7.11. The SMILES string of the molecule is O=C(NC(=S)Nc1cccc(OCc2ccccc2)c1)c1cnn(-c2ccccc2)c1C(F)(F)F. The summed E-state index contributed by atoms with van der Waals surface area (Å²) in [6, 6.07) is 24.2. The summed E-state index contributed by atoms with van der Waals surface area (Å²) in [4.78, 5) is 12.7. The number of thiocarbonyl (C=S) groups is 1. The van der Waals surface area contributed by atoms with Crippen LogP contribution in [-0.4, -0.2) is 20.8 Å². The third-order valence-electron chi connectivity index (χ3n) is 4.85. The van der Waals surface area contributed by atoms with Crippen LogP contribution in [-0.2, 0) is 12.8 Å². The number of hydrogen-bond donors (Lipinski definition) is 2. The van der Waals surface area contributed by atoms with Gasteiger partial charge in [-0.25, -0.2) is 4.68 Å². The molecule has 0 saturated heterocycles. The molecule has 0 aliphatic carbocycles. The smallest absolute Gasteiger partial charge is 0.434 e. The Morgan fingerprint density at radius 2 is 1.66 bits per heavy atom. The van der Waals surface area contributed by atoms with Gasteiger partial charge in [0.15, 0.2) is 10.8 Å². The lowest BCUT2D eigenvalue weighted by Crippen LogP contribution is -2.35. The minimum absolute atomic E-state index is 0.171. The van der Waals surface area contributed by atoms with Gasteiger partial charge in [-0.2, -0.15) is 18.3 Å². The molecule has 3 aromatic carbocycles. The second-order valence-electron chi connectivity index (χ2n) is 7.36. The number of anilines is 1. The highest BCUT2D eigenvalue weighted by Gasteiger charge is 2.40. The number of amides is 1. The van der Waals surface area contributed by atoms with E-state index in [0.717, 1.165) is 11.8 Å². The molecule has 0 aliphatic heterocycles. The van der Waals surface area contributed by atoms with Crippen molar-refractivity contribution >= 4 is 28.9 Å². The van der Waals surface area contributed by atoms with Gasteiger partial charge >= 0.3 is 6.18 Å². The fraction of sp³-hybridized carbons (Fsp3) is 0.0800. The van der Waals surface area contributed by atoms with E-state index in [2.05, 4.69) is 15.7 Å². The molecule has 4 aromatic rings. The lowest BCUT2D eigenvalue weighted by Gasteiger charge is -2.14. The van der Waals surface area contributed by atoms with Crippen LogP contribution in [0.2, 0.25) is 0 Å². The van der Waals surface area contributed by atoms with Gasteiger partial charge in [0.05, 0.1) is 17.4 Å². The largest absolute Gasteiger partial charge is 0.489 e. The standard InChI is InChI=1S/C25H19F3N4O2S/c26-25(27,28)22-21(15-29-32(22)19-11-5-2-6-12-19)23(33)31-24(35)30-18-10-7-13-20(14-18)34-16-17-8-3-1-4-9-17/h1-15H,16H2,(H2,30,31,33,35). The maximum atomic E-state index is 13.8. The van der Waals surface area contributed by atoms with Crippen LogP contribution in [0, 0.1) is 0 Å². The zero-order chi connectivity index (χ0) is 24.8. The minimum Gasteiger partial charge on any atom is -0.489 e. The zero-order valence-electron chi connectivity index (χ0n) is 18.1. The first kappa shape index (κ1) is 24.0. The van der Waals surface area contributed by atoms with Crippen LogP contribution in [0.5, 0.6) is 5.75 Å². The van der Waals surface area contributed by atoms with E-state index >= 15 is 0 Å². The Morgan fingerprint density at radius 3 is 2.34 bits per heavy atom. The number of benzene rings is 3. The van der Waals surface area contributed by atoms with Gasteiger partial charge in [-0.05, 0) is 42.0 Å². The maximum Gasteiger partial charge on any atom is 0.434 e. The van der Waals surface area contributed by atoms with Crippen molar-refractivity contribution in [3.05, 3.63) is 108 Å². The lowest BCUT2D eigenvalue weighted by atomic mass is 10.2. The third-order valence-corrected chi connectivity index (χ3v) is 5.05. The van der Waals surface area contributed by atoms with Crippen LogP contribution in [0.15, 0.2) is 91.1 Å². The minimum atomic E-state index is -4.82. The van der Waals surface area contributed by atoms with Gasteiger partial charge in [-0.15, -0.1) is 0 Å². The molecule has 0 bridgehead atoms. The highest BCUT2D eigenvalue weighted by atomic mass is 32.1. The quantitative estimate of drug-likeness (QED) is 0.340. The summed E-state index contributed by atoms with van der Waals surface area (Å²) in [7, 11) is 0. The Bertz CT molecular complexity index is 1330. The van der Waals surface area contributed by atoms with Crippen LogP contribution in [0.4, 0.5) is 18.9 Å². The predicted molar refractivity (Wildman–Crippen MR) is 129 cm³/mol. The predicted octanol–water partition coefficient (Wildman–Crippen LogP) is 5.60. The average molecular weight is 497 g/mol. The van der Waals surface area contributed by atoms with E-state index in [-0.39, 0.29) is 10.8 Å². The second-order valence-corrected chi connectivity index (χ2v) is 7.77. The summed E-state index contributed by atoms with van der Waals surface area (Å²) in [5.74, 6) is -0.482. The fourth-order valence-corrected chi connectivity index (χ4v) is 3.50. The molecule has 0 aliphatic rings. The van der Waals surface area contributed by atoms with Crippen molar-refractivity contribution in [3.63, 3.8) is 0 Å². The van der Waals surface area contributed by atoms with Crippen LogP contribution >= 0.6 is 12.2 Å². The first-order valence-electron chi connectivity index (χ1n) is 10.4. The van der Waals surface area contributed by atoms with E-state index < -0.39 is 23.3 Å². The van der Waals surface area contributed by atoms with Gasteiger partial charge in [0, 0.05) is 11.8 Å². The molecule has 0 spiro atoms. The topological polar surface area (TPSA) is 68.2 Å². The molecular weight excluding hydrogens is 477 g/mol. The van der Waals surface area contributed by atoms with Crippen LogP contribution in [0.3, 0.4) is 0 Å². The number of para-hydroxylation sites is 1. The highest BCUT2D eigenvalue weighted by Crippen LogP contribution is 2.33. The molecule has 1 amide bonds. The molecule has 0 radical (unpaired) electrons. The fourth-order valence-electron chi connectivity index (χ4n) is 3.29. The highest BCUT2D eigenvalue weighted by molar-refractivity contribution is 7.80. The molecule has 35 heavy (non-hydrogen) atoms. The van der Waals surface area contributed by atoms with Crippen molar-refractivity contribution in [3.8, 4) is 11.4 Å². The molecule has 178 valence electrons. The van der Waals surface area contributed by atoms with Crippen molar-refractivity contribution < 1.29 is 22.7 Å². The number of ether oxygens (including phenoxy) is 1. The molecule has 1 aromatic heterocycles. The van der Waals surface area contributed by atoms with Crippen molar-refractivity contribution in [1.29, 1.82) is 0 Å². The van der Waals surface area contributed by atoms with Gasteiger partial charge in [0.1, 0.15) is 12.4 Å². The average Bonchev–Trinajstić information content (AvgIpc) is 3.31.